The van der Waals surface area contributed by atoms with Crippen LogP contribution in [0, 0.1) is 11.3 Å². The molecule has 0 aliphatic carbocycles. The lowest BCUT2D eigenvalue weighted by Gasteiger charge is -2.21. The molecule has 0 bridgehead atoms. The summed E-state index contributed by atoms with van der Waals surface area (Å²) < 4.78 is 5.18. The number of hydrogen-bond acceptors (Lipinski definition) is 3. The zero-order valence-corrected chi connectivity index (χ0v) is 11.4. The first-order valence-corrected chi connectivity index (χ1v) is 6.78. The molecule has 1 atom stereocenters. The number of cyclic esters (lactones) is 1. The van der Waals surface area contributed by atoms with Gasteiger partial charge in [0, 0.05) is 5.69 Å². The quantitative estimate of drug-likeness (QED) is 0.866. The number of carbonyl (C=O) groups excluding carboxylic acids is 1. The highest BCUT2D eigenvalue weighted by atomic mass is 16.6. The van der Waals surface area contributed by atoms with E-state index in [-0.39, 0.29) is 12.1 Å². The van der Waals surface area contributed by atoms with Crippen LogP contribution in [0.3, 0.4) is 0 Å². The minimum absolute atomic E-state index is 0.0205. The van der Waals surface area contributed by atoms with Crippen LogP contribution in [0.1, 0.15) is 11.1 Å². The van der Waals surface area contributed by atoms with Gasteiger partial charge in [-0.05, 0) is 36.2 Å². The smallest absolute Gasteiger partial charge is 0.414 e. The molecule has 0 saturated carbocycles. The van der Waals surface area contributed by atoms with E-state index in [1.165, 1.54) is 5.56 Å². The third-order valence-corrected chi connectivity index (χ3v) is 3.55. The summed E-state index contributed by atoms with van der Waals surface area (Å²) in [5.74, 6) is 0. The van der Waals surface area contributed by atoms with Gasteiger partial charge in [-0.2, -0.15) is 5.26 Å². The molecule has 0 N–H and O–H groups in total. The first-order valence-electron chi connectivity index (χ1n) is 6.78. The van der Waals surface area contributed by atoms with Gasteiger partial charge in [-0.1, -0.05) is 30.3 Å². The summed E-state index contributed by atoms with van der Waals surface area (Å²) in [5, 5.41) is 8.84. The van der Waals surface area contributed by atoms with E-state index >= 15 is 0 Å². The monoisotopic (exact) mass is 278 g/mol. The average molecular weight is 278 g/mol. The Morgan fingerprint density at radius 2 is 1.86 bits per heavy atom. The Morgan fingerprint density at radius 1 is 1.14 bits per heavy atom. The van der Waals surface area contributed by atoms with Crippen LogP contribution < -0.4 is 4.90 Å². The molecule has 2 aromatic carbocycles. The van der Waals surface area contributed by atoms with E-state index in [1.54, 1.807) is 29.2 Å². The van der Waals surface area contributed by atoms with Crippen molar-refractivity contribution in [3.63, 3.8) is 0 Å². The minimum atomic E-state index is -0.333. The van der Waals surface area contributed by atoms with Crippen molar-refractivity contribution in [2.75, 3.05) is 11.5 Å². The van der Waals surface area contributed by atoms with Crippen LogP contribution in [0.4, 0.5) is 10.5 Å². The number of anilines is 1. The van der Waals surface area contributed by atoms with E-state index in [0.717, 1.165) is 12.1 Å². The molecule has 1 saturated heterocycles. The molecule has 21 heavy (non-hydrogen) atoms. The van der Waals surface area contributed by atoms with Crippen LogP contribution >= 0.6 is 0 Å². The zero-order chi connectivity index (χ0) is 14.7. The second-order valence-electron chi connectivity index (χ2n) is 4.95. The molecule has 4 nitrogen and oxygen atoms in total. The van der Waals surface area contributed by atoms with Gasteiger partial charge in [-0.15, -0.1) is 0 Å². The number of hydrogen-bond donors (Lipinski definition) is 0. The minimum Gasteiger partial charge on any atom is -0.447 e. The molecule has 104 valence electrons. The number of rotatable bonds is 3. The summed E-state index contributed by atoms with van der Waals surface area (Å²) in [7, 11) is 0. The molecule has 1 fully saturated rings. The summed E-state index contributed by atoms with van der Waals surface area (Å²) in [4.78, 5) is 13.6. The predicted octanol–water partition coefficient (Wildman–Crippen LogP) is 3.13. The van der Waals surface area contributed by atoms with E-state index < -0.39 is 0 Å². The Labute approximate surface area is 123 Å². The maximum absolute atomic E-state index is 12.0. The highest BCUT2D eigenvalue weighted by molar-refractivity contribution is 5.90. The van der Waals surface area contributed by atoms with Gasteiger partial charge in [0.1, 0.15) is 6.61 Å². The second kappa shape index (κ2) is 5.68. The Hall–Kier alpha value is -2.80. The van der Waals surface area contributed by atoms with Gasteiger partial charge in [0.2, 0.25) is 0 Å². The van der Waals surface area contributed by atoms with Crippen LogP contribution in [0.15, 0.2) is 54.6 Å². The number of amides is 1. The molecule has 1 aliphatic heterocycles. The zero-order valence-electron chi connectivity index (χ0n) is 11.4. The fourth-order valence-electron chi connectivity index (χ4n) is 2.51. The van der Waals surface area contributed by atoms with Crippen molar-refractivity contribution in [1.29, 1.82) is 5.26 Å². The molecule has 1 heterocycles. The Kier molecular flexibility index (Phi) is 3.57. The molecule has 2 aromatic rings. The molecular formula is C17H14N2O2. The van der Waals surface area contributed by atoms with E-state index in [1.807, 2.05) is 30.3 Å². The third kappa shape index (κ3) is 2.72. The molecule has 0 radical (unpaired) electrons. The highest BCUT2D eigenvalue weighted by Crippen LogP contribution is 2.25. The predicted molar refractivity (Wildman–Crippen MR) is 78.9 cm³/mol. The fourth-order valence-corrected chi connectivity index (χ4v) is 2.51. The van der Waals surface area contributed by atoms with Crippen molar-refractivity contribution >= 4 is 11.8 Å². The van der Waals surface area contributed by atoms with Crippen molar-refractivity contribution in [3.8, 4) is 6.07 Å². The number of benzene rings is 2. The van der Waals surface area contributed by atoms with Gasteiger partial charge in [0.15, 0.2) is 0 Å². The summed E-state index contributed by atoms with van der Waals surface area (Å²) in [5.41, 5.74) is 2.50. The summed E-state index contributed by atoms with van der Waals surface area (Å²) in [6.45, 7) is 0.383. The maximum atomic E-state index is 12.0. The molecule has 0 aromatic heterocycles. The molecule has 3 rings (SSSR count). The molecule has 1 aliphatic rings. The topological polar surface area (TPSA) is 53.3 Å². The molecule has 0 unspecified atom stereocenters. The van der Waals surface area contributed by atoms with Gasteiger partial charge in [-0.25, -0.2) is 4.79 Å². The Morgan fingerprint density at radius 3 is 2.52 bits per heavy atom. The van der Waals surface area contributed by atoms with E-state index in [2.05, 4.69) is 6.07 Å². The van der Waals surface area contributed by atoms with Crippen LogP contribution in [0.5, 0.6) is 0 Å². The first kappa shape index (κ1) is 13.2. The molecule has 0 spiro atoms. The molecular weight excluding hydrogens is 264 g/mol. The lowest BCUT2D eigenvalue weighted by molar-refractivity contribution is 0.178. The van der Waals surface area contributed by atoms with Crippen LogP contribution in [0.25, 0.3) is 0 Å². The standard InChI is InChI=1S/C17H14N2O2/c18-11-14-6-8-15(9-7-14)19-16(12-21-17(19)20)10-13-4-2-1-3-5-13/h1-9,16H,10,12H2/t16-/m0/s1. The van der Waals surface area contributed by atoms with Gasteiger partial charge in [0.05, 0.1) is 17.7 Å². The highest BCUT2D eigenvalue weighted by Gasteiger charge is 2.34. The first-order chi connectivity index (χ1) is 10.3. The van der Waals surface area contributed by atoms with Gasteiger partial charge < -0.3 is 4.74 Å². The largest absolute Gasteiger partial charge is 0.447 e. The average Bonchev–Trinajstić information content (AvgIpc) is 2.89. The van der Waals surface area contributed by atoms with Gasteiger partial charge >= 0.3 is 6.09 Å². The van der Waals surface area contributed by atoms with Gasteiger partial charge in [0.25, 0.3) is 0 Å². The number of carbonyl (C=O) groups is 1. The van der Waals surface area contributed by atoms with Crippen molar-refractivity contribution in [3.05, 3.63) is 65.7 Å². The van der Waals surface area contributed by atoms with Crippen molar-refractivity contribution in [1.82, 2.24) is 0 Å². The van der Waals surface area contributed by atoms with Crippen molar-refractivity contribution < 1.29 is 9.53 Å². The number of nitriles is 1. The lowest BCUT2D eigenvalue weighted by Crippen LogP contribution is -2.35. The van der Waals surface area contributed by atoms with Crippen LogP contribution in [-0.4, -0.2) is 18.7 Å². The van der Waals surface area contributed by atoms with Crippen molar-refractivity contribution in [2.45, 2.75) is 12.5 Å². The van der Waals surface area contributed by atoms with E-state index in [4.69, 9.17) is 10.00 Å². The summed E-state index contributed by atoms with van der Waals surface area (Å²) >= 11 is 0. The van der Waals surface area contributed by atoms with Crippen LogP contribution in [0.2, 0.25) is 0 Å². The lowest BCUT2D eigenvalue weighted by atomic mass is 10.1. The Bertz CT molecular complexity index is 674. The number of nitrogens with zero attached hydrogens (tertiary/aromatic N) is 2. The number of ether oxygens (including phenoxy) is 1. The van der Waals surface area contributed by atoms with E-state index in [0.29, 0.717) is 12.2 Å². The summed E-state index contributed by atoms with van der Waals surface area (Å²) in [6, 6.07) is 19.1. The maximum Gasteiger partial charge on any atom is 0.414 e. The normalized spacial score (nSPS) is 17.4. The third-order valence-electron chi connectivity index (χ3n) is 3.55. The van der Waals surface area contributed by atoms with Crippen molar-refractivity contribution in [2.24, 2.45) is 0 Å². The summed E-state index contributed by atoms with van der Waals surface area (Å²) in [6.07, 6.45) is 0.410. The molecule has 4 heteroatoms. The second-order valence-corrected chi connectivity index (χ2v) is 4.95. The van der Waals surface area contributed by atoms with E-state index in [9.17, 15) is 4.79 Å². The van der Waals surface area contributed by atoms with Gasteiger partial charge in [-0.3, -0.25) is 4.90 Å². The SMILES string of the molecule is N#Cc1ccc(N2C(=O)OC[C@@H]2Cc2ccccc2)cc1. The van der Waals surface area contributed by atoms with Crippen LogP contribution in [-0.2, 0) is 11.2 Å². The fraction of sp³-hybridized carbons (Fsp3) is 0.176. The molecule has 1 amide bonds. The Balaban J connectivity index is 1.83.